The summed E-state index contributed by atoms with van der Waals surface area (Å²) in [5.74, 6) is -3.20. The third-order valence-corrected chi connectivity index (χ3v) is 5.68. The van der Waals surface area contributed by atoms with Crippen LogP contribution in [0.5, 0.6) is 0 Å². The maximum atomic E-state index is 13.2. The van der Waals surface area contributed by atoms with Gasteiger partial charge in [0.25, 0.3) is 15.9 Å². The van der Waals surface area contributed by atoms with E-state index < -0.39 is 40.0 Å². The normalized spacial score (nSPS) is 11.0. The van der Waals surface area contributed by atoms with Crippen LogP contribution >= 0.6 is 0 Å². The van der Waals surface area contributed by atoms with Crippen LogP contribution in [-0.2, 0) is 14.8 Å². The first kappa shape index (κ1) is 22.9. The molecule has 32 heavy (non-hydrogen) atoms. The minimum Gasteiger partial charge on any atom is -0.343 e. The second-order valence-corrected chi connectivity index (χ2v) is 8.57. The lowest BCUT2D eigenvalue weighted by Crippen LogP contribution is -2.33. The fraction of sp³-hybridized carbons (Fsp3) is 0.0909. The van der Waals surface area contributed by atoms with E-state index in [4.69, 9.17) is 0 Å². The summed E-state index contributed by atoms with van der Waals surface area (Å²) in [6, 6.07) is 14.6. The summed E-state index contributed by atoms with van der Waals surface area (Å²) < 4.78 is 53.6. The van der Waals surface area contributed by atoms with Crippen LogP contribution in [-0.4, -0.2) is 26.8 Å². The van der Waals surface area contributed by atoms with Crippen LogP contribution in [0.4, 0.5) is 20.2 Å². The molecule has 7 nitrogen and oxygen atoms in total. The first-order valence-electron chi connectivity index (χ1n) is 9.36. The molecule has 166 valence electrons. The Labute approximate surface area is 183 Å². The van der Waals surface area contributed by atoms with Crippen LogP contribution < -0.4 is 15.4 Å². The molecule has 0 unspecified atom stereocenters. The smallest absolute Gasteiger partial charge is 0.261 e. The number of nitrogens with one attached hydrogen (secondary N) is 3. The van der Waals surface area contributed by atoms with Gasteiger partial charge >= 0.3 is 0 Å². The van der Waals surface area contributed by atoms with Gasteiger partial charge in [0.15, 0.2) is 0 Å². The second kappa shape index (κ2) is 9.56. The van der Waals surface area contributed by atoms with Crippen molar-refractivity contribution in [1.29, 1.82) is 0 Å². The molecule has 3 rings (SSSR count). The summed E-state index contributed by atoms with van der Waals surface area (Å²) in [7, 11) is -3.75. The molecule has 0 aliphatic carbocycles. The molecule has 3 aromatic carbocycles. The molecule has 0 aliphatic rings. The van der Waals surface area contributed by atoms with Crippen molar-refractivity contribution in [2.45, 2.75) is 11.8 Å². The summed E-state index contributed by atoms with van der Waals surface area (Å²) in [5, 5.41) is 4.78. The highest BCUT2D eigenvalue weighted by Gasteiger charge is 2.14. The van der Waals surface area contributed by atoms with Crippen molar-refractivity contribution in [2.75, 3.05) is 16.6 Å². The molecule has 0 saturated heterocycles. The van der Waals surface area contributed by atoms with Crippen molar-refractivity contribution in [3.05, 3.63) is 89.5 Å². The van der Waals surface area contributed by atoms with E-state index in [-0.39, 0.29) is 10.5 Å². The van der Waals surface area contributed by atoms with E-state index in [1.54, 1.807) is 12.1 Å². The Morgan fingerprint density at radius 2 is 1.41 bits per heavy atom. The molecule has 0 aromatic heterocycles. The standard InChI is InChI=1S/C22H19F2N3O4S/c1-14-2-8-20(9-3-14)32(30,31)27-19-6-4-18(5-7-19)26-21(28)13-25-22(29)15-10-16(23)12-17(24)11-15/h2-12,27H,13H2,1H3,(H,25,29)(H,26,28). The molecule has 0 radical (unpaired) electrons. The van der Waals surface area contributed by atoms with Crippen LogP contribution in [0.25, 0.3) is 0 Å². The van der Waals surface area contributed by atoms with Gasteiger partial charge in [-0.25, -0.2) is 17.2 Å². The third-order valence-electron chi connectivity index (χ3n) is 4.29. The van der Waals surface area contributed by atoms with Crippen molar-refractivity contribution in [1.82, 2.24) is 5.32 Å². The quantitative estimate of drug-likeness (QED) is 0.503. The van der Waals surface area contributed by atoms with Gasteiger partial charge in [0, 0.05) is 23.0 Å². The van der Waals surface area contributed by atoms with Gasteiger partial charge in [0.2, 0.25) is 5.91 Å². The van der Waals surface area contributed by atoms with E-state index in [2.05, 4.69) is 15.4 Å². The predicted molar refractivity (Wildman–Crippen MR) is 116 cm³/mol. The van der Waals surface area contributed by atoms with E-state index in [0.717, 1.165) is 17.7 Å². The molecule has 2 amide bonds. The lowest BCUT2D eigenvalue weighted by molar-refractivity contribution is -0.115. The van der Waals surface area contributed by atoms with E-state index in [1.165, 1.54) is 36.4 Å². The van der Waals surface area contributed by atoms with Crippen LogP contribution in [0.2, 0.25) is 0 Å². The molecular weight excluding hydrogens is 440 g/mol. The number of rotatable bonds is 7. The van der Waals surface area contributed by atoms with Crippen molar-refractivity contribution < 1.29 is 26.8 Å². The van der Waals surface area contributed by atoms with Crippen molar-refractivity contribution in [3.8, 4) is 0 Å². The van der Waals surface area contributed by atoms with E-state index in [9.17, 15) is 26.8 Å². The lowest BCUT2D eigenvalue weighted by Gasteiger charge is -2.10. The molecule has 3 N–H and O–H groups in total. The fourth-order valence-electron chi connectivity index (χ4n) is 2.71. The minimum atomic E-state index is -3.75. The monoisotopic (exact) mass is 459 g/mol. The molecule has 10 heteroatoms. The zero-order chi connectivity index (χ0) is 23.3. The van der Waals surface area contributed by atoms with Gasteiger partial charge < -0.3 is 10.6 Å². The molecule has 0 spiro atoms. The average Bonchev–Trinajstić information content (AvgIpc) is 2.73. The first-order valence-corrected chi connectivity index (χ1v) is 10.8. The first-order chi connectivity index (χ1) is 15.1. The molecule has 0 fully saturated rings. The number of hydrogen-bond acceptors (Lipinski definition) is 4. The third kappa shape index (κ3) is 6.11. The maximum absolute atomic E-state index is 13.2. The van der Waals surface area contributed by atoms with Gasteiger partial charge in [-0.05, 0) is 55.5 Å². The highest BCUT2D eigenvalue weighted by Crippen LogP contribution is 2.19. The molecule has 0 bridgehead atoms. The summed E-state index contributed by atoms with van der Waals surface area (Å²) in [5.41, 5.74) is 1.34. The van der Waals surface area contributed by atoms with Gasteiger partial charge in [-0.1, -0.05) is 17.7 Å². The number of benzene rings is 3. The van der Waals surface area contributed by atoms with Gasteiger partial charge in [-0.3, -0.25) is 14.3 Å². The zero-order valence-corrected chi connectivity index (χ0v) is 17.7. The van der Waals surface area contributed by atoms with Gasteiger partial charge in [-0.15, -0.1) is 0 Å². The molecule has 0 aliphatic heterocycles. The predicted octanol–water partition coefficient (Wildman–Crippen LogP) is 3.44. The number of halogens is 2. The number of aryl methyl sites for hydroxylation is 1. The molecule has 3 aromatic rings. The molecule has 0 atom stereocenters. The van der Waals surface area contributed by atoms with Gasteiger partial charge in [0.1, 0.15) is 11.6 Å². The van der Waals surface area contributed by atoms with Crippen molar-refractivity contribution >= 4 is 33.2 Å². The Balaban J connectivity index is 1.55. The minimum absolute atomic E-state index is 0.120. The summed E-state index contributed by atoms with van der Waals surface area (Å²) in [6.45, 7) is 1.42. The number of hydrogen-bond donors (Lipinski definition) is 3. The Hall–Kier alpha value is -3.79. The Morgan fingerprint density at radius 3 is 2.00 bits per heavy atom. The lowest BCUT2D eigenvalue weighted by atomic mass is 10.2. The number of amides is 2. The van der Waals surface area contributed by atoms with E-state index in [0.29, 0.717) is 17.4 Å². The Morgan fingerprint density at radius 1 is 0.844 bits per heavy atom. The van der Waals surface area contributed by atoms with Crippen LogP contribution in [0.1, 0.15) is 15.9 Å². The number of anilines is 2. The number of carbonyl (C=O) groups is 2. The topological polar surface area (TPSA) is 104 Å². The second-order valence-electron chi connectivity index (χ2n) is 6.88. The highest BCUT2D eigenvalue weighted by atomic mass is 32.2. The number of carbonyl (C=O) groups excluding carboxylic acids is 2. The molecule has 0 saturated carbocycles. The molecular formula is C22H19F2N3O4S. The SMILES string of the molecule is Cc1ccc(S(=O)(=O)Nc2ccc(NC(=O)CNC(=O)c3cc(F)cc(F)c3)cc2)cc1. The van der Waals surface area contributed by atoms with Crippen molar-refractivity contribution in [3.63, 3.8) is 0 Å². The average molecular weight is 459 g/mol. The fourth-order valence-corrected chi connectivity index (χ4v) is 3.76. The summed E-state index contributed by atoms with van der Waals surface area (Å²) in [4.78, 5) is 24.1. The molecule has 0 heterocycles. The van der Waals surface area contributed by atoms with Crippen molar-refractivity contribution in [2.24, 2.45) is 0 Å². The Kier molecular flexibility index (Phi) is 6.84. The number of sulfonamides is 1. The Bertz CT molecular complexity index is 1220. The van der Waals surface area contributed by atoms with Crippen LogP contribution in [0, 0.1) is 18.6 Å². The zero-order valence-electron chi connectivity index (χ0n) is 16.9. The van der Waals surface area contributed by atoms with Gasteiger partial charge in [0.05, 0.1) is 11.4 Å². The summed E-state index contributed by atoms with van der Waals surface area (Å²) in [6.07, 6.45) is 0. The van der Waals surface area contributed by atoms with E-state index >= 15 is 0 Å². The van der Waals surface area contributed by atoms with Crippen LogP contribution in [0.15, 0.2) is 71.6 Å². The van der Waals surface area contributed by atoms with Gasteiger partial charge in [-0.2, -0.15) is 0 Å². The largest absolute Gasteiger partial charge is 0.343 e. The summed E-state index contributed by atoms with van der Waals surface area (Å²) >= 11 is 0. The maximum Gasteiger partial charge on any atom is 0.261 e. The van der Waals surface area contributed by atoms with E-state index in [1.807, 2.05) is 6.92 Å². The highest BCUT2D eigenvalue weighted by molar-refractivity contribution is 7.92. The van der Waals surface area contributed by atoms with Crippen LogP contribution in [0.3, 0.4) is 0 Å².